The van der Waals surface area contributed by atoms with Gasteiger partial charge >= 0.3 is 0 Å². The van der Waals surface area contributed by atoms with E-state index in [1.165, 1.54) is 24.6 Å². The van der Waals surface area contributed by atoms with Gasteiger partial charge in [0, 0.05) is 57.5 Å². The van der Waals surface area contributed by atoms with Crippen LogP contribution in [0, 0.1) is 17.7 Å². The first-order chi connectivity index (χ1) is 20.3. The number of ether oxygens (including phenoxy) is 1. The Morgan fingerprint density at radius 2 is 1.88 bits per heavy atom. The molecule has 10 heteroatoms. The first-order valence-corrected chi connectivity index (χ1v) is 15.5. The number of aliphatic hydroxyl groups is 4. The van der Waals surface area contributed by atoms with Crippen LogP contribution in [-0.2, 0) is 11.2 Å². The number of amides is 1. The van der Waals surface area contributed by atoms with Crippen molar-refractivity contribution in [3.63, 3.8) is 0 Å². The Bertz CT molecular complexity index is 1060. The van der Waals surface area contributed by atoms with Crippen LogP contribution in [0.3, 0.4) is 0 Å². The molecule has 0 radical (unpaired) electrons. The van der Waals surface area contributed by atoms with Crippen LogP contribution in [0.2, 0.25) is 0 Å². The lowest BCUT2D eigenvalue weighted by Gasteiger charge is -2.34. The number of halogens is 1. The van der Waals surface area contributed by atoms with Gasteiger partial charge in [-0.15, -0.1) is 0 Å². The number of hydrogen-bond acceptors (Lipinski definition) is 8. The Hall–Kier alpha value is -2.50. The van der Waals surface area contributed by atoms with E-state index < -0.39 is 24.1 Å². The average Bonchev–Trinajstić information content (AvgIpc) is 3.70. The fourth-order valence-electron chi connectivity index (χ4n) is 6.12. The first kappa shape index (κ1) is 32.4. The van der Waals surface area contributed by atoms with E-state index >= 15 is 0 Å². The lowest BCUT2D eigenvalue weighted by molar-refractivity contribution is -0.129. The molecule has 42 heavy (non-hydrogen) atoms. The van der Waals surface area contributed by atoms with E-state index in [2.05, 4.69) is 28.4 Å². The number of hydrogen-bond donors (Lipinski definition) is 5. The third-order valence-electron chi connectivity index (χ3n) is 8.80. The number of nitrogens with zero attached hydrogens (tertiary/aromatic N) is 2. The highest BCUT2D eigenvalue weighted by Crippen LogP contribution is 2.27. The molecule has 4 rings (SSSR count). The van der Waals surface area contributed by atoms with Crippen molar-refractivity contribution >= 4 is 5.91 Å². The molecule has 0 spiro atoms. The van der Waals surface area contributed by atoms with Crippen molar-refractivity contribution in [2.24, 2.45) is 11.8 Å². The maximum absolute atomic E-state index is 14.8. The van der Waals surface area contributed by atoms with Crippen LogP contribution in [0.15, 0.2) is 42.1 Å². The summed E-state index contributed by atoms with van der Waals surface area (Å²) in [5.74, 6) is 0.816. The van der Waals surface area contributed by atoms with Gasteiger partial charge in [0.15, 0.2) is 0 Å². The largest absolute Gasteiger partial charge is 0.493 e. The van der Waals surface area contributed by atoms with Crippen LogP contribution in [0.4, 0.5) is 4.39 Å². The molecule has 5 N–H and O–H groups in total. The second-order valence-corrected chi connectivity index (χ2v) is 11.9. The number of carbonyl (C=O) groups excluding carboxylic acids is 1. The summed E-state index contributed by atoms with van der Waals surface area (Å²) < 4.78 is 20.6. The van der Waals surface area contributed by atoms with Crippen LogP contribution in [0.5, 0.6) is 5.75 Å². The van der Waals surface area contributed by atoms with Crippen LogP contribution >= 0.6 is 0 Å². The van der Waals surface area contributed by atoms with Crippen molar-refractivity contribution < 1.29 is 34.3 Å². The van der Waals surface area contributed by atoms with Gasteiger partial charge < -0.3 is 40.3 Å². The van der Waals surface area contributed by atoms with Gasteiger partial charge in [0.25, 0.3) is 0 Å². The summed E-state index contributed by atoms with van der Waals surface area (Å²) in [6.45, 7) is 4.26. The van der Waals surface area contributed by atoms with Crippen molar-refractivity contribution in [1.29, 1.82) is 0 Å². The smallest absolute Gasteiger partial charge is 0.227 e. The zero-order valence-electron chi connectivity index (χ0n) is 24.5. The van der Waals surface area contributed by atoms with E-state index in [4.69, 9.17) is 9.84 Å². The van der Waals surface area contributed by atoms with E-state index in [9.17, 15) is 24.5 Å². The van der Waals surface area contributed by atoms with Gasteiger partial charge in [-0.2, -0.15) is 0 Å². The Kier molecular flexibility index (Phi) is 12.6. The van der Waals surface area contributed by atoms with Crippen LogP contribution in [0.25, 0.3) is 0 Å². The van der Waals surface area contributed by atoms with Gasteiger partial charge in [0.05, 0.1) is 25.2 Å². The summed E-state index contributed by atoms with van der Waals surface area (Å²) >= 11 is 0. The Labute approximate surface area is 248 Å². The lowest BCUT2D eigenvalue weighted by atomic mass is 9.92. The monoisotopic (exact) mass is 589 g/mol. The molecule has 0 saturated carbocycles. The number of carbonyl (C=O) groups is 1. The molecular weight excluding hydrogens is 541 g/mol. The molecule has 9 nitrogen and oxygen atoms in total. The molecule has 1 aromatic carbocycles. The maximum Gasteiger partial charge on any atom is 0.227 e. The zero-order valence-corrected chi connectivity index (χ0v) is 24.5. The molecule has 2 fully saturated rings. The second-order valence-electron chi connectivity index (χ2n) is 11.9. The van der Waals surface area contributed by atoms with Crippen LogP contribution < -0.4 is 10.1 Å². The minimum absolute atomic E-state index is 0.00836. The Morgan fingerprint density at radius 3 is 2.60 bits per heavy atom. The predicted octanol–water partition coefficient (Wildman–Crippen LogP) is 1.99. The van der Waals surface area contributed by atoms with Gasteiger partial charge in [0.2, 0.25) is 5.91 Å². The van der Waals surface area contributed by atoms with Crippen LogP contribution in [0.1, 0.15) is 50.5 Å². The standard InChI is InChI=1S/C32H48FN3O6/c33-28-19-27(42-17-3-4-23-9-13-35(14-10-23)26-5-1-2-6-26)8-7-25(28)18-31(40)36-15-11-24(22-36)20-34-21-30(39)32(41)29(38)12-16-37/h1-2,5,7-8,19,23-24,29-30,32,34,37-39,41H,3-4,6,9-18,20-22H2/t24-,29+,30-,32-/m0/s1. The first-order valence-electron chi connectivity index (χ1n) is 15.5. The molecule has 234 valence electrons. The number of aliphatic hydroxyl groups excluding tert-OH is 4. The van der Waals surface area contributed by atoms with Gasteiger partial charge in [0.1, 0.15) is 17.7 Å². The van der Waals surface area contributed by atoms with E-state index in [1.54, 1.807) is 17.0 Å². The van der Waals surface area contributed by atoms with Crippen molar-refractivity contribution in [2.75, 3.05) is 52.5 Å². The molecule has 2 heterocycles. The van der Waals surface area contributed by atoms with Crippen LogP contribution in [-0.4, -0.2) is 107 Å². The molecule has 1 amide bonds. The summed E-state index contributed by atoms with van der Waals surface area (Å²) in [7, 11) is 0. The molecule has 0 unspecified atom stereocenters. The Morgan fingerprint density at radius 1 is 1.10 bits per heavy atom. The molecule has 1 aromatic rings. The fourth-order valence-corrected chi connectivity index (χ4v) is 6.12. The van der Waals surface area contributed by atoms with Gasteiger partial charge in [-0.05, 0) is 74.6 Å². The molecule has 2 saturated heterocycles. The average molecular weight is 590 g/mol. The van der Waals surface area contributed by atoms with E-state index in [0.29, 0.717) is 43.5 Å². The second kappa shape index (κ2) is 16.4. The number of likely N-dealkylation sites (tertiary alicyclic amines) is 2. The summed E-state index contributed by atoms with van der Waals surface area (Å²) in [6.07, 6.45) is 9.14. The summed E-state index contributed by atoms with van der Waals surface area (Å²) in [5, 5.41) is 41.6. The van der Waals surface area contributed by atoms with Crippen molar-refractivity contribution in [3.05, 3.63) is 53.5 Å². The SMILES string of the molecule is O=C(Cc1ccc(OCCCC2CCN(C3=CC=CC3)CC2)cc1F)N1CC[C@@H](CNC[C@H](O)[C@@H](O)[C@H](O)CCO)C1. The summed E-state index contributed by atoms with van der Waals surface area (Å²) in [4.78, 5) is 17.1. The fraction of sp³-hybridized carbons (Fsp3) is 0.656. The molecule has 0 bridgehead atoms. The molecule has 2 aliphatic heterocycles. The molecule has 1 aliphatic carbocycles. The molecule has 4 atom stereocenters. The number of nitrogens with one attached hydrogen (secondary N) is 1. The third-order valence-corrected chi connectivity index (χ3v) is 8.80. The van der Waals surface area contributed by atoms with E-state index in [1.807, 2.05) is 0 Å². The van der Waals surface area contributed by atoms with Gasteiger partial charge in [-0.1, -0.05) is 18.2 Å². The van der Waals surface area contributed by atoms with E-state index in [-0.39, 0.29) is 37.8 Å². The highest BCUT2D eigenvalue weighted by atomic mass is 19.1. The lowest BCUT2D eigenvalue weighted by Crippen LogP contribution is -2.44. The van der Waals surface area contributed by atoms with Gasteiger partial charge in [-0.25, -0.2) is 4.39 Å². The minimum atomic E-state index is -1.34. The number of benzene rings is 1. The number of rotatable bonds is 16. The third kappa shape index (κ3) is 9.50. The maximum atomic E-state index is 14.8. The summed E-state index contributed by atoms with van der Waals surface area (Å²) in [5.41, 5.74) is 1.79. The van der Waals surface area contributed by atoms with Crippen molar-refractivity contribution in [1.82, 2.24) is 15.1 Å². The number of piperidine rings is 1. The van der Waals surface area contributed by atoms with Gasteiger partial charge in [-0.3, -0.25) is 4.79 Å². The highest BCUT2D eigenvalue weighted by molar-refractivity contribution is 5.79. The topological polar surface area (TPSA) is 126 Å². The quantitative estimate of drug-likeness (QED) is 0.186. The predicted molar refractivity (Wildman–Crippen MR) is 158 cm³/mol. The molecule has 3 aliphatic rings. The van der Waals surface area contributed by atoms with Crippen molar-refractivity contribution in [3.8, 4) is 5.75 Å². The number of allylic oxidation sites excluding steroid dienone is 3. The summed E-state index contributed by atoms with van der Waals surface area (Å²) in [6, 6.07) is 4.75. The zero-order chi connectivity index (χ0) is 29.9. The Balaban J connectivity index is 1.10. The van der Waals surface area contributed by atoms with E-state index in [0.717, 1.165) is 38.8 Å². The molecule has 0 aromatic heterocycles. The highest BCUT2D eigenvalue weighted by Gasteiger charge is 2.28. The minimum Gasteiger partial charge on any atom is -0.493 e. The normalized spacial score (nSPS) is 21.5. The van der Waals surface area contributed by atoms with Crippen molar-refractivity contribution in [2.45, 2.75) is 69.7 Å². The molecular formula is C32H48FN3O6.